The number of hydrogen-bond acceptors (Lipinski definition) is 3. The summed E-state index contributed by atoms with van der Waals surface area (Å²) in [4.78, 5) is 13.1. The maximum absolute atomic E-state index is 13.1. The van der Waals surface area contributed by atoms with Crippen LogP contribution in [-0.2, 0) is 14.8 Å². The van der Waals surface area contributed by atoms with Gasteiger partial charge in [-0.1, -0.05) is 48.5 Å². The summed E-state index contributed by atoms with van der Waals surface area (Å²) in [5.41, 5.74) is -0.602. The summed E-state index contributed by atoms with van der Waals surface area (Å²) >= 11 is 0. The molecule has 1 atom stereocenters. The smallest absolute Gasteiger partial charge is 0.226 e. The van der Waals surface area contributed by atoms with Gasteiger partial charge in [0.1, 0.15) is 0 Å². The summed E-state index contributed by atoms with van der Waals surface area (Å²) in [5, 5.41) is 7.96. The van der Waals surface area contributed by atoms with Crippen molar-refractivity contribution >= 4 is 15.9 Å². The van der Waals surface area contributed by atoms with E-state index in [1.54, 1.807) is 0 Å². The molecule has 5 nitrogen and oxygen atoms in total. The number of carbonyl (C=O) groups is 1. The van der Waals surface area contributed by atoms with E-state index >= 15 is 0 Å². The highest BCUT2D eigenvalue weighted by atomic mass is 32.2. The maximum atomic E-state index is 13.1. The van der Waals surface area contributed by atoms with Crippen LogP contribution in [0.3, 0.4) is 0 Å². The number of sulfonamides is 1. The van der Waals surface area contributed by atoms with Crippen molar-refractivity contribution in [2.24, 2.45) is 21.4 Å². The third-order valence-corrected chi connectivity index (χ3v) is 6.92. The van der Waals surface area contributed by atoms with Gasteiger partial charge in [-0.15, -0.1) is 0 Å². The highest BCUT2D eigenvalue weighted by molar-refractivity contribution is 7.89. The van der Waals surface area contributed by atoms with E-state index in [2.05, 4.69) is 46.9 Å². The summed E-state index contributed by atoms with van der Waals surface area (Å²) in [6, 6.07) is 0.0390. The number of amides is 1. The van der Waals surface area contributed by atoms with Crippen LogP contribution in [0.25, 0.3) is 0 Å². The van der Waals surface area contributed by atoms with Crippen molar-refractivity contribution < 1.29 is 13.2 Å². The molecule has 1 fully saturated rings. The standard InChI is InChI=1S/C18H36N2O3S/c1-16(2,3)12-18(7,17(4,5)6)15(21)20-13-8-10-14(11-9-13)24(19,22)23/h13-14H,8-12H2,1-7H3,(H,20,21)(H2,19,22,23). The van der Waals surface area contributed by atoms with Crippen LogP contribution >= 0.6 is 0 Å². The lowest BCUT2D eigenvalue weighted by atomic mass is 9.60. The molecule has 1 rings (SSSR count). The molecule has 24 heavy (non-hydrogen) atoms. The number of nitrogens with one attached hydrogen (secondary N) is 1. The van der Waals surface area contributed by atoms with Crippen LogP contribution in [0.4, 0.5) is 0 Å². The minimum atomic E-state index is -3.47. The Kier molecular flexibility index (Phi) is 6.20. The van der Waals surface area contributed by atoms with E-state index in [9.17, 15) is 13.2 Å². The number of primary sulfonamides is 1. The molecule has 0 heterocycles. The first-order chi connectivity index (χ1) is 10.6. The molecule has 142 valence electrons. The molecule has 1 unspecified atom stereocenters. The average molecular weight is 361 g/mol. The van der Waals surface area contributed by atoms with Gasteiger partial charge in [0, 0.05) is 6.04 Å². The van der Waals surface area contributed by atoms with Crippen LogP contribution < -0.4 is 10.5 Å². The second-order valence-corrected chi connectivity index (χ2v) is 11.7. The molecule has 0 aliphatic heterocycles. The Bertz CT molecular complexity index is 550. The predicted octanol–water partition coefficient (Wildman–Crippen LogP) is 3.19. The molecular formula is C18H36N2O3S. The Balaban J connectivity index is 2.81. The largest absolute Gasteiger partial charge is 0.353 e. The zero-order valence-corrected chi connectivity index (χ0v) is 17.2. The van der Waals surface area contributed by atoms with Gasteiger partial charge in [0.05, 0.1) is 10.7 Å². The minimum absolute atomic E-state index is 0.0390. The van der Waals surface area contributed by atoms with E-state index in [0.29, 0.717) is 25.7 Å². The summed E-state index contributed by atoms with van der Waals surface area (Å²) in [6.07, 6.45) is 3.18. The van der Waals surface area contributed by atoms with Crippen molar-refractivity contribution in [1.29, 1.82) is 0 Å². The fraction of sp³-hybridized carbons (Fsp3) is 0.944. The third-order valence-electron chi connectivity index (χ3n) is 5.51. The minimum Gasteiger partial charge on any atom is -0.353 e. The quantitative estimate of drug-likeness (QED) is 0.807. The summed E-state index contributed by atoms with van der Waals surface area (Å²) in [6.45, 7) is 14.8. The van der Waals surface area contributed by atoms with Crippen molar-refractivity contribution in [3.63, 3.8) is 0 Å². The molecule has 1 amide bonds. The number of nitrogens with two attached hydrogens (primary N) is 1. The third kappa shape index (κ3) is 5.45. The Morgan fingerprint density at radius 2 is 1.46 bits per heavy atom. The summed E-state index contributed by atoms with van der Waals surface area (Å²) in [7, 11) is -3.47. The van der Waals surface area contributed by atoms with Gasteiger partial charge in [0.15, 0.2) is 0 Å². The van der Waals surface area contributed by atoms with Gasteiger partial charge in [-0.25, -0.2) is 13.6 Å². The fourth-order valence-corrected chi connectivity index (χ4v) is 4.56. The second kappa shape index (κ2) is 6.94. The Labute approximate surface area is 148 Å². The van der Waals surface area contributed by atoms with E-state index in [4.69, 9.17) is 5.14 Å². The molecule has 0 saturated heterocycles. The van der Waals surface area contributed by atoms with Crippen molar-refractivity contribution in [2.75, 3.05) is 0 Å². The zero-order valence-electron chi connectivity index (χ0n) is 16.4. The van der Waals surface area contributed by atoms with Gasteiger partial charge in [-0.3, -0.25) is 4.79 Å². The molecule has 0 radical (unpaired) electrons. The second-order valence-electron chi connectivity index (χ2n) is 9.86. The van der Waals surface area contributed by atoms with Gasteiger partial charge in [0.25, 0.3) is 0 Å². The molecular weight excluding hydrogens is 324 g/mol. The van der Waals surface area contributed by atoms with E-state index in [0.717, 1.165) is 6.42 Å². The SMILES string of the molecule is CC(C)(C)CC(C)(C(=O)NC1CCC(S(N)(=O)=O)CC1)C(C)(C)C. The molecule has 0 bridgehead atoms. The van der Waals surface area contributed by atoms with Gasteiger partial charge in [-0.2, -0.15) is 0 Å². The Morgan fingerprint density at radius 3 is 1.79 bits per heavy atom. The predicted molar refractivity (Wildman–Crippen MR) is 98.9 cm³/mol. The molecule has 0 aromatic carbocycles. The molecule has 0 aromatic rings. The number of rotatable bonds is 4. The highest BCUT2D eigenvalue weighted by Crippen LogP contribution is 2.47. The molecule has 0 spiro atoms. The highest BCUT2D eigenvalue weighted by Gasteiger charge is 2.47. The van der Waals surface area contributed by atoms with Crippen LogP contribution in [-0.4, -0.2) is 25.6 Å². The van der Waals surface area contributed by atoms with Crippen LogP contribution in [0.2, 0.25) is 0 Å². The first-order valence-electron chi connectivity index (χ1n) is 8.89. The van der Waals surface area contributed by atoms with E-state index in [-0.39, 0.29) is 22.8 Å². The van der Waals surface area contributed by atoms with Gasteiger partial charge < -0.3 is 5.32 Å². The lowest BCUT2D eigenvalue weighted by Gasteiger charge is -2.45. The average Bonchev–Trinajstić information content (AvgIpc) is 2.34. The summed E-state index contributed by atoms with van der Waals surface area (Å²) in [5.74, 6) is 0.0731. The molecule has 6 heteroatoms. The van der Waals surface area contributed by atoms with Crippen LogP contribution in [0.15, 0.2) is 0 Å². The fourth-order valence-electron chi connectivity index (χ4n) is 3.63. The normalized spacial score (nSPS) is 25.8. The van der Waals surface area contributed by atoms with Crippen molar-refractivity contribution in [1.82, 2.24) is 5.32 Å². The monoisotopic (exact) mass is 360 g/mol. The number of carbonyl (C=O) groups excluding carboxylic acids is 1. The van der Waals surface area contributed by atoms with E-state index in [1.807, 2.05) is 6.92 Å². The van der Waals surface area contributed by atoms with Crippen LogP contribution in [0.1, 0.15) is 80.6 Å². The summed E-state index contributed by atoms with van der Waals surface area (Å²) < 4.78 is 22.9. The number of hydrogen-bond donors (Lipinski definition) is 2. The van der Waals surface area contributed by atoms with Gasteiger partial charge in [-0.05, 0) is 42.9 Å². The van der Waals surface area contributed by atoms with Gasteiger partial charge in [0.2, 0.25) is 15.9 Å². The van der Waals surface area contributed by atoms with Crippen molar-refractivity contribution in [3.8, 4) is 0 Å². The molecule has 1 aliphatic carbocycles. The van der Waals surface area contributed by atoms with Crippen LogP contribution in [0.5, 0.6) is 0 Å². The van der Waals surface area contributed by atoms with Crippen molar-refractivity contribution in [3.05, 3.63) is 0 Å². The Morgan fingerprint density at radius 1 is 1.00 bits per heavy atom. The molecule has 0 aromatic heterocycles. The first-order valence-corrected chi connectivity index (χ1v) is 10.5. The molecule has 1 aliphatic rings. The van der Waals surface area contributed by atoms with Crippen LogP contribution in [0, 0.1) is 16.2 Å². The van der Waals surface area contributed by atoms with Crippen molar-refractivity contribution in [2.45, 2.75) is 91.9 Å². The lowest BCUT2D eigenvalue weighted by molar-refractivity contribution is -0.139. The topological polar surface area (TPSA) is 89.3 Å². The molecule has 3 N–H and O–H groups in total. The lowest BCUT2D eigenvalue weighted by Crippen LogP contribution is -2.52. The zero-order chi connectivity index (χ0) is 19.0. The van der Waals surface area contributed by atoms with E-state index in [1.165, 1.54) is 0 Å². The van der Waals surface area contributed by atoms with E-state index < -0.39 is 20.7 Å². The maximum Gasteiger partial charge on any atom is 0.226 e. The van der Waals surface area contributed by atoms with Gasteiger partial charge >= 0.3 is 0 Å². The Hall–Kier alpha value is -0.620. The first kappa shape index (κ1) is 21.4. The molecule has 1 saturated carbocycles.